The molecule has 0 aromatic rings. The summed E-state index contributed by atoms with van der Waals surface area (Å²) in [5.74, 6) is 0.946. The van der Waals surface area contributed by atoms with Gasteiger partial charge in [0.05, 0.1) is 0 Å². The van der Waals surface area contributed by atoms with E-state index in [1.807, 2.05) is 0 Å². The number of aliphatic hydroxyl groups is 1. The molecule has 0 atom stereocenters. The molecule has 106 valence electrons. The number of hydrogen-bond donors (Lipinski definition) is 2. The summed E-state index contributed by atoms with van der Waals surface area (Å²) in [6.07, 6.45) is 9.12. The first-order valence-electron chi connectivity index (χ1n) is 7.41. The minimum absolute atomic E-state index is 0.00471. The van der Waals surface area contributed by atoms with E-state index in [-0.39, 0.29) is 17.9 Å². The second-order valence-corrected chi connectivity index (χ2v) is 6.46. The van der Waals surface area contributed by atoms with Crippen LogP contribution in [0.15, 0.2) is 0 Å². The lowest BCUT2D eigenvalue weighted by molar-refractivity contribution is -0.121. The van der Waals surface area contributed by atoms with Crippen LogP contribution in [0.4, 0.5) is 0 Å². The third kappa shape index (κ3) is 6.39. The summed E-state index contributed by atoms with van der Waals surface area (Å²) in [5.41, 5.74) is -0.00471. The third-order valence-electron chi connectivity index (χ3n) is 4.06. The van der Waals surface area contributed by atoms with Gasteiger partial charge in [-0.2, -0.15) is 0 Å². The van der Waals surface area contributed by atoms with Gasteiger partial charge in [0.25, 0.3) is 0 Å². The number of carbonyl (C=O) groups is 1. The molecule has 0 aliphatic heterocycles. The van der Waals surface area contributed by atoms with Crippen molar-refractivity contribution < 1.29 is 9.90 Å². The molecule has 1 aliphatic rings. The van der Waals surface area contributed by atoms with Crippen molar-refractivity contribution in [1.82, 2.24) is 5.32 Å². The van der Waals surface area contributed by atoms with Crippen molar-refractivity contribution in [3.8, 4) is 0 Å². The van der Waals surface area contributed by atoms with Gasteiger partial charge in [0.15, 0.2) is 0 Å². The van der Waals surface area contributed by atoms with Gasteiger partial charge in [-0.15, -0.1) is 0 Å². The van der Waals surface area contributed by atoms with Crippen LogP contribution in [0.3, 0.4) is 0 Å². The lowest BCUT2D eigenvalue weighted by Gasteiger charge is -2.24. The van der Waals surface area contributed by atoms with Crippen molar-refractivity contribution in [3.63, 3.8) is 0 Å². The molecule has 0 saturated heterocycles. The summed E-state index contributed by atoms with van der Waals surface area (Å²) < 4.78 is 0. The van der Waals surface area contributed by atoms with E-state index in [4.69, 9.17) is 5.11 Å². The highest BCUT2D eigenvalue weighted by molar-refractivity contribution is 5.75. The van der Waals surface area contributed by atoms with Gasteiger partial charge in [-0.25, -0.2) is 0 Å². The predicted molar refractivity (Wildman–Crippen MR) is 74.3 cm³/mol. The van der Waals surface area contributed by atoms with Crippen LogP contribution in [-0.4, -0.2) is 24.2 Å². The van der Waals surface area contributed by atoms with Crippen LogP contribution in [-0.2, 0) is 4.79 Å². The Hall–Kier alpha value is -0.570. The zero-order valence-corrected chi connectivity index (χ0v) is 12.0. The van der Waals surface area contributed by atoms with Crippen molar-refractivity contribution in [3.05, 3.63) is 0 Å². The van der Waals surface area contributed by atoms with Crippen LogP contribution in [0.5, 0.6) is 0 Å². The normalized spacial score (nSPS) is 17.7. The molecule has 0 heterocycles. The van der Waals surface area contributed by atoms with Crippen LogP contribution < -0.4 is 5.32 Å². The second kappa shape index (κ2) is 7.78. The fourth-order valence-electron chi connectivity index (χ4n) is 2.63. The maximum Gasteiger partial charge on any atom is 0.220 e. The predicted octanol–water partition coefficient (Wildman–Crippen LogP) is 2.87. The van der Waals surface area contributed by atoms with E-state index in [2.05, 4.69) is 19.2 Å². The van der Waals surface area contributed by atoms with Gasteiger partial charge < -0.3 is 10.4 Å². The molecule has 0 bridgehead atoms. The van der Waals surface area contributed by atoms with E-state index in [1.54, 1.807) is 0 Å². The number of hydrogen-bond acceptors (Lipinski definition) is 2. The fourth-order valence-corrected chi connectivity index (χ4v) is 2.63. The monoisotopic (exact) mass is 255 g/mol. The van der Waals surface area contributed by atoms with E-state index in [1.165, 1.54) is 32.1 Å². The molecule has 3 heteroatoms. The van der Waals surface area contributed by atoms with Gasteiger partial charge in [-0.05, 0) is 24.2 Å². The highest BCUT2D eigenvalue weighted by Gasteiger charge is 2.19. The van der Waals surface area contributed by atoms with E-state index in [0.717, 1.165) is 18.8 Å². The zero-order valence-electron chi connectivity index (χ0n) is 12.0. The topological polar surface area (TPSA) is 49.3 Å². The number of nitrogens with one attached hydrogen (secondary N) is 1. The Morgan fingerprint density at radius 1 is 1.28 bits per heavy atom. The molecule has 0 aromatic heterocycles. The summed E-state index contributed by atoms with van der Waals surface area (Å²) in [6, 6.07) is 0. The first kappa shape index (κ1) is 15.5. The third-order valence-corrected chi connectivity index (χ3v) is 4.06. The maximum atomic E-state index is 11.8. The quantitative estimate of drug-likeness (QED) is 0.735. The summed E-state index contributed by atoms with van der Waals surface area (Å²) >= 11 is 0. The molecular weight excluding hydrogens is 226 g/mol. The van der Waals surface area contributed by atoms with Crippen LogP contribution in [0.25, 0.3) is 0 Å². The molecule has 1 aliphatic carbocycles. The summed E-state index contributed by atoms with van der Waals surface area (Å²) in [7, 11) is 0. The van der Waals surface area contributed by atoms with E-state index in [0.29, 0.717) is 13.0 Å². The Kier molecular flexibility index (Phi) is 6.69. The van der Waals surface area contributed by atoms with Crippen LogP contribution in [0.2, 0.25) is 0 Å². The zero-order chi connectivity index (χ0) is 13.4. The van der Waals surface area contributed by atoms with E-state index >= 15 is 0 Å². The lowest BCUT2D eigenvalue weighted by atomic mass is 9.86. The maximum absolute atomic E-state index is 11.8. The number of aliphatic hydroxyl groups excluding tert-OH is 1. The highest BCUT2D eigenvalue weighted by Crippen LogP contribution is 2.27. The molecule has 2 N–H and O–H groups in total. The van der Waals surface area contributed by atoms with E-state index in [9.17, 15) is 4.79 Å². The Labute approximate surface area is 111 Å². The summed E-state index contributed by atoms with van der Waals surface area (Å²) in [6.45, 7) is 5.00. The Bertz CT molecular complexity index is 245. The lowest BCUT2D eigenvalue weighted by Crippen LogP contribution is -2.34. The Morgan fingerprint density at radius 2 is 1.94 bits per heavy atom. The molecule has 1 amide bonds. The number of carbonyl (C=O) groups excluding carboxylic acids is 1. The molecule has 1 fully saturated rings. The molecular formula is C15H29NO2. The molecule has 1 saturated carbocycles. The molecule has 0 spiro atoms. The van der Waals surface area contributed by atoms with Gasteiger partial charge in [0.1, 0.15) is 0 Å². The van der Waals surface area contributed by atoms with Gasteiger partial charge in [0, 0.05) is 19.6 Å². The van der Waals surface area contributed by atoms with Crippen LogP contribution in [0, 0.1) is 11.3 Å². The van der Waals surface area contributed by atoms with Crippen molar-refractivity contribution in [2.45, 2.75) is 65.2 Å². The van der Waals surface area contributed by atoms with E-state index < -0.39 is 0 Å². The first-order valence-corrected chi connectivity index (χ1v) is 7.41. The fraction of sp³-hybridized carbons (Fsp3) is 0.933. The smallest absolute Gasteiger partial charge is 0.220 e. The van der Waals surface area contributed by atoms with Gasteiger partial charge in [0.2, 0.25) is 5.91 Å². The first-order chi connectivity index (χ1) is 8.53. The second-order valence-electron chi connectivity index (χ2n) is 6.46. The average molecular weight is 255 g/mol. The largest absolute Gasteiger partial charge is 0.396 e. The van der Waals surface area contributed by atoms with Gasteiger partial charge in [-0.3, -0.25) is 4.79 Å². The number of amides is 1. The van der Waals surface area contributed by atoms with Crippen molar-refractivity contribution in [2.24, 2.45) is 11.3 Å². The van der Waals surface area contributed by atoms with Crippen molar-refractivity contribution in [2.75, 3.05) is 13.2 Å². The molecule has 3 nitrogen and oxygen atoms in total. The standard InChI is InChI=1S/C15H29NO2/c1-15(2,10-11-17)12-16-14(18)9-8-13-6-4-3-5-7-13/h13,17H,3-12H2,1-2H3,(H,16,18). The van der Waals surface area contributed by atoms with Gasteiger partial charge >= 0.3 is 0 Å². The minimum Gasteiger partial charge on any atom is -0.396 e. The molecule has 0 aromatic carbocycles. The molecule has 0 radical (unpaired) electrons. The Morgan fingerprint density at radius 3 is 2.56 bits per heavy atom. The minimum atomic E-state index is -0.00471. The Balaban J connectivity index is 2.13. The summed E-state index contributed by atoms with van der Waals surface area (Å²) in [4.78, 5) is 11.8. The average Bonchev–Trinajstić information content (AvgIpc) is 2.35. The van der Waals surface area contributed by atoms with Crippen LogP contribution in [0.1, 0.15) is 65.2 Å². The van der Waals surface area contributed by atoms with Crippen molar-refractivity contribution in [1.29, 1.82) is 0 Å². The molecule has 1 rings (SSSR count). The molecule has 18 heavy (non-hydrogen) atoms. The van der Waals surface area contributed by atoms with Gasteiger partial charge in [-0.1, -0.05) is 46.0 Å². The van der Waals surface area contributed by atoms with Crippen molar-refractivity contribution >= 4 is 5.91 Å². The summed E-state index contributed by atoms with van der Waals surface area (Å²) in [5, 5.41) is 11.9. The van der Waals surface area contributed by atoms with Crippen LogP contribution >= 0.6 is 0 Å². The highest BCUT2D eigenvalue weighted by atomic mass is 16.3. The SMILES string of the molecule is CC(C)(CCO)CNC(=O)CCC1CCCCC1. The molecule has 0 unspecified atom stereocenters. The number of rotatable bonds is 7.